The summed E-state index contributed by atoms with van der Waals surface area (Å²) in [7, 11) is 1.61. The monoisotopic (exact) mass is 526 g/mol. The largest absolute Gasteiger partial charge is 0.497 e. The van der Waals surface area contributed by atoms with E-state index in [4.69, 9.17) is 10.5 Å². The first-order valence-corrected chi connectivity index (χ1v) is 13.8. The molecule has 1 atom stereocenters. The van der Waals surface area contributed by atoms with Crippen LogP contribution in [0.25, 0.3) is 0 Å². The molecule has 2 aromatic rings. The van der Waals surface area contributed by atoms with E-state index < -0.39 is 11.5 Å². The minimum absolute atomic E-state index is 0.0768. The summed E-state index contributed by atoms with van der Waals surface area (Å²) < 4.78 is 20.4. The molecule has 1 aliphatic rings. The lowest BCUT2D eigenvalue weighted by atomic mass is 9.73. The number of halogens is 1. The molecule has 0 spiro atoms. The molecule has 1 saturated heterocycles. The molecular weight excluding hydrogens is 483 g/mol. The average molecular weight is 527 g/mol. The second-order valence-electron chi connectivity index (χ2n) is 10.1. The standard InChI is InChI=1S/C30H43FN4O3/c1-6-21(7-2)29(37)33-23-12-15-26(25(31)20-23)34-16-18-35(19-17-34)30(8-3,9-4)27(28(32)36)22-10-13-24(38-5)14-11-22/h10-15,20-21,27H,6-9,16-19H2,1-5H3,(H2,32,36)(H,33,37). The van der Waals surface area contributed by atoms with Crippen LogP contribution in [0, 0.1) is 11.7 Å². The fraction of sp³-hybridized carbons (Fsp3) is 0.533. The van der Waals surface area contributed by atoms with Crippen molar-refractivity contribution in [3.8, 4) is 5.75 Å². The Morgan fingerprint density at radius 3 is 2.08 bits per heavy atom. The summed E-state index contributed by atoms with van der Waals surface area (Å²) in [5, 5.41) is 2.85. The first-order chi connectivity index (χ1) is 18.2. The van der Waals surface area contributed by atoms with E-state index in [-0.39, 0.29) is 23.5 Å². The normalized spacial score (nSPS) is 15.4. The summed E-state index contributed by atoms with van der Waals surface area (Å²) in [6.07, 6.45) is 3.00. The highest BCUT2D eigenvalue weighted by Gasteiger charge is 2.45. The third-order valence-electron chi connectivity index (χ3n) is 8.32. The van der Waals surface area contributed by atoms with E-state index in [2.05, 4.69) is 24.1 Å². The summed E-state index contributed by atoms with van der Waals surface area (Å²) in [5.74, 6) is -0.612. The second kappa shape index (κ2) is 13.1. The molecule has 208 valence electrons. The Balaban J connectivity index is 1.77. The molecule has 1 aliphatic heterocycles. The van der Waals surface area contributed by atoms with Gasteiger partial charge in [-0.2, -0.15) is 0 Å². The zero-order chi connectivity index (χ0) is 27.9. The van der Waals surface area contributed by atoms with Crippen LogP contribution in [0.5, 0.6) is 5.75 Å². The van der Waals surface area contributed by atoms with Crippen molar-refractivity contribution in [2.75, 3.05) is 43.5 Å². The van der Waals surface area contributed by atoms with Crippen LogP contribution in [0.15, 0.2) is 42.5 Å². The number of hydrogen-bond donors (Lipinski definition) is 2. The smallest absolute Gasteiger partial charge is 0.227 e. The minimum Gasteiger partial charge on any atom is -0.497 e. The molecule has 0 aliphatic carbocycles. The van der Waals surface area contributed by atoms with Gasteiger partial charge in [-0.25, -0.2) is 4.39 Å². The average Bonchev–Trinajstić information content (AvgIpc) is 2.92. The van der Waals surface area contributed by atoms with E-state index in [0.717, 1.165) is 37.0 Å². The van der Waals surface area contributed by atoms with Crippen molar-refractivity contribution in [3.63, 3.8) is 0 Å². The van der Waals surface area contributed by atoms with Gasteiger partial charge in [-0.15, -0.1) is 0 Å². The summed E-state index contributed by atoms with van der Waals surface area (Å²) in [5.41, 5.74) is 7.44. The van der Waals surface area contributed by atoms with Gasteiger partial charge in [0.05, 0.1) is 18.7 Å². The van der Waals surface area contributed by atoms with Gasteiger partial charge in [-0.05, 0) is 61.6 Å². The Labute approximate surface area is 226 Å². The highest BCUT2D eigenvalue weighted by Crippen LogP contribution is 2.40. The third kappa shape index (κ3) is 6.12. The zero-order valence-electron chi connectivity index (χ0n) is 23.4. The molecule has 8 heteroatoms. The highest BCUT2D eigenvalue weighted by atomic mass is 19.1. The number of ether oxygens (including phenoxy) is 1. The quantitative estimate of drug-likeness (QED) is 0.399. The first kappa shape index (κ1) is 29.4. The van der Waals surface area contributed by atoms with Crippen molar-refractivity contribution in [3.05, 3.63) is 53.8 Å². The van der Waals surface area contributed by atoms with Crippen LogP contribution >= 0.6 is 0 Å². The molecule has 1 unspecified atom stereocenters. The Kier molecular flexibility index (Phi) is 10.1. The lowest BCUT2D eigenvalue weighted by Gasteiger charge is -2.51. The summed E-state index contributed by atoms with van der Waals surface area (Å²) in [4.78, 5) is 29.6. The lowest BCUT2D eigenvalue weighted by molar-refractivity contribution is -0.124. The molecule has 2 amide bonds. The number of nitrogens with two attached hydrogens (primary N) is 1. The van der Waals surface area contributed by atoms with Gasteiger partial charge in [-0.3, -0.25) is 14.5 Å². The van der Waals surface area contributed by atoms with Gasteiger partial charge in [0.2, 0.25) is 11.8 Å². The molecule has 1 heterocycles. The molecule has 2 aromatic carbocycles. The van der Waals surface area contributed by atoms with Crippen molar-refractivity contribution in [2.45, 2.75) is 64.8 Å². The van der Waals surface area contributed by atoms with E-state index in [1.165, 1.54) is 6.07 Å². The molecular formula is C30H43FN4O3. The maximum Gasteiger partial charge on any atom is 0.227 e. The van der Waals surface area contributed by atoms with Gasteiger partial charge in [-0.1, -0.05) is 39.8 Å². The maximum absolute atomic E-state index is 15.2. The number of carbonyl (C=O) groups is 2. The maximum atomic E-state index is 15.2. The predicted octanol–water partition coefficient (Wildman–Crippen LogP) is 5.16. The molecule has 0 saturated carbocycles. The molecule has 3 rings (SSSR count). The van der Waals surface area contributed by atoms with Crippen molar-refractivity contribution >= 4 is 23.2 Å². The molecule has 0 aromatic heterocycles. The van der Waals surface area contributed by atoms with Crippen LogP contribution in [-0.4, -0.2) is 55.5 Å². The summed E-state index contributed by atoms with van der Waals surface area (Å²) in [6, 6.07) is 12.5. The van der Waals surface area contributed by atoms with Crippen molar-refractivity contribution in [2.24, 2.45) is 11.7 Å². The SMILES string of the molecule is CCC(CC)C(=O)Nc1ccc(N2CCN(C(CC)(CC)C(C(N)=O)c3ccc(OC)cc3)CC2)c(F)c1. The number of nitrogens with one attached hydrogen (secondary N) is 1. The third-order valence-corrected chi connectivity index (χ3v) is 8.32. The van der Waals surface area contributed by atoms with Crippen LogP contribution in [-0.2, 0) is 9.59 Å². The number of primary amides is 1. The van der Waals surface area contributed by atoms with Gasteiger partial charge in [0.1, 0.15) is 11.6 Å². The molecule has 1 fully saturated rings. The van der Waals surface area contributed by atoms with E-state index >= 15 is 4.39 Å². The topological polar surface area (TPSA) is 87.9 Å². The van der Waals surface area contributed by atoms with Crippen LogP contribution in [0.1, 0.15) is 64.9 Å². The van der Waals surface area contributed by atoms with Gasteiger partial charge < -0.3 is 20.7 Å². The van der Waals surface area contributed by atoms with Gasteiger partial charge in [0.15, 0.2) is 0 Å². The van der Waals surface area contributed by atoms with E-state index in [0.29, 0.717) is 37.6 Å². The Morgan fingerprint density at radius 2 is 1.61 bits per heavy atom. The molecule has 0 bridgehead atoms. The zero-order valence-corrected chi connectivity index (χ0v) is 23.4. The number of hydrogen-bond acceptors (Lipinski definition) is 5. The Hall–Kier alpha value is -3.13. The minimum atomic E-state index is -0.482. The number of amides is 2. The van der Waals surface area contributed by atoms with Crippen molar-refractivity contribution in [1.82, 2.24) is 4.90 Å². The van der Waals surface area contributed by atoms with E-state index in [9.17, 15) is 9.59 Å². The summed E-state index contributed by atoms with van der Waals surface area (Å²) >= 11 is 0. The fourth-order valence-electron chi connectivity index (χ4n) is 5.96. The number of benzene rings is 2. The molecule has 3 N–H and O–H groups in total. The summed E-state index contributed by atoms with van der Waals surface area (Å²) in [6.45, 7) is 10.7. The second-order valence-corrected chi connectivity index (χ2v) is 10.1. The molecule has 7 nitrogen and oxygen atoms in total. The highest BCUT2D eigenvalue weighted by molar-refractivity contribution is 5.92. The molecule has 0 radical (unpaired) electrons. The van der Waals surface area contributed by atoms with E-state index in [1.54, 1.807) is 19.2 Å². The van der Waals surface area contributed by atoms with Crippen molar-refractivity contribution < 1.29 is 18.7 Å². The van der Waals surface area contributed by atoms with Gasteiger partial charge in [0, 0.05) is 43.3 Å². The van der Waals surface area contributed by atoms with Crippen LogP contribution < -0.4 is 20.7 Å². The van der Waals surface area contributed by atoms with Crippen molar-refractivity contribution in [1.29, 1.82) is 0 Å². The number of carbonyl (C=O) groups excluding carboxylic acids is 2. The number of methoxy groups -OCH3 is 1. The van der Waals surface area contributed by atoms with Gasteiger partial charge in [0.25, 0.3) is 0 Å². The van der Waals surface area contributed by atoms with Crippen LogP contribution in [0.2, 0.25) is 0 Å². The predicted molar refractivity (Wildman–Crippen MR) is 151 cm³/mol. The molecule has 38 heavy (non-hydrogen) atoms. The van der Waals surface area contributed by atoms with E-state index in [1.807, 2.05) is 43.0 Å². The lowest BCUT2D eigenvalue weighted by Crippen LogP contribution is -2.61. The number of nitrogens with zero attached hydrogens (tertiary/aromatic N) is 2. The number of anilines is 2. The number of piperazine rings is 1. The van der Waals surface area contributed by atoms with Crippen LogP contribution in [0.4, 0.5) is 15.8 Å². The number of rotatable bonds is 12. The Bertz CT molecular complexity index is 1080. The Morgan fingerprint density at radius 1 is 1.00 bits per heavy atom. The van der Waals surface area contributed by atoms with Gasteiger partial charge >= 0.3 is 0 Å². The fourth-order valence-corrected chi connectivity index (χ4v) is 5.96. The first-order valence-electron chi connectivity index (χ1n) is 13.8. The van der Waals surface area contributed by atoms with Crippen LogP contribution in [0.3, 0.4) is 0 Å².